The number of aryl methyl sites for hydroxylation is 1. The molecule has 0 saturated carbocycles. The summed E-state index contributed by atoms with van der Waals surface area (Å²) in [6.45, 7) is 0.764. The number of rotatable bonds is 4. The van der Waals surface area contributed by atoms with Crippen molar-refractivity contribution in [2.24, 2.45) is 7.05 Å². The Kier molecular flexibility index (Phi) is 5.19. The summed E-state index contributed by atoms with van der Waals surface area (Å²) in [5.41, 5.74) is 0.807. The molecule has 1 aliphatic heterocycles. The van der Waals surface area contributed by atoms with Crippen molar-refractivity contribution >= 4 is 22.0 Å². The number of nitrogens with zero attached hydrogens (tertiary/aromatic N) is 4. The number of benzene rings is 1. The Morgan fingerprint density at radius 3 is 2.50 bits per heavy atom. The molecule has 26 heavy (non-hydrogen) atoms. The van der Waals surface area contributed by atoms with E-state index < -0.39 is 15.8 Å². The van der Waals surface area contributed by atoms with Gasteiger partial charge in [-0.3, -0.25) is 9.48 Å². The van der Waals surface area contributed by atoms with Crippen LogP contribution in [0, 0.1) is 5.82 Å². The minimum Gasteiger partial charge on any atom is -0.337 e. The normalized spacial score (nSPS) is 16.3. The predicted octanol–water partition coefficient (Wildman–Crippen LogP) is 1.11. The van der Waals surface area contributed by atoms with Gasteiger partial charge in [-0.25, -0.2) is 12.8 Å². The second-order valence-electron chi connectivity index (χ2n) is 5.94. The second-order valence-corrected chi connectivity index (χ2v) is 7.85. The Bertz CT molecular complexity index is 931. The van der Waals surface area contributed by atoms with E-state index in [1.165, 1.54) is 28.6 Å². The van der Waals surface area contributed by atoms with E-state index in [0.717, 1.165) is 11.6 Å². The number of halogens is 1. The molecular formula is C17H19FN4O3S. The Morgan fingerprint density at radius 1 is 1.19 bits per heavy atom. The summed E-state index contributed by atoms with van der Waals surface area (Å²) >= 11 is 0. The third-order valence-electron chi connectivity index (χ3n) is 4.15. The van der Waals surface area contributed by atoms with Crippen molar-refractivity contribution in [3.05, 3.63) is 54.1 Å². The van der Waals surface area contributed by atoms with Crippen molar-refractivity contribution < 1.29 is 17.6 Å². The lowest BCUT2D eigenvalue weighted by Crippen LogP contribution is -2.50. The first-order valence-electron chi connectivity index (χ1n) is 8.08. The SMILES string of the molecule is Cn1cc(C=CC(=O)N2CCN(S(=O)(=O)c3ccccc3F)CC2)cn1. The van der Waals surface area contributed by atoms with Gasteiger partial charge in [0, 0.05) is 51.1 Å². The summed E-state index contributed by atoms with van der Waals surface area (Å²) in [5.74, 6) is -0.970. The predicted molar refractivity (Wildman–Crippen MR) is 94.0 cm³/mol. The van der Waals surface area contributed by atoms with Crippen LogP contribution in [0.15, 0.2) is 47.6 Å². The maximum Gasteiger partial charge on any atom is 0.246 e. The lowest BCUT2D eigenvalue weighted by molar-refractivity contribution is -0.127. The third kappa shape index (κ3) is 3.83. The zero-order valence-corrected chi connectivity index (χ0v) is 15.1. The van der Waals surface area contributed by atoms with Crippen molar-refractivity contribution in [1.29, 1.82) is 0 Å². The van der Waals surface area contributed by atoms with Crippen LogP contribution in [0.3, 0.4) is 0 Å². The second kappa shape index (κ2) is 7.38. The summed E-state index contributed by atoms with van der Waals surface area (Å²) in [4.78, 5) is 13.5. The number of carbonyl (C=O) groups excluding carboxylic acids is 1. The van der Waals surface area contributed by atoms with E-state index in [1.807, 2.05) is 0 Å². The molecule has 1 aliphatic rings. The molecule has 1 aromatic heterocycles. The highest BCUT2D eigenvalue weighted by Crippen LogP contribution is 2.20. The molecule has 1 saturated heterocycles. The summed E-state index contributed by atoms with van der Waals surface area (Å²) in [6, 6.07) is 5.30. The van der Waals surface area contributed by atoms with Crippen molar-refractivity contribution in [2.45, 2.75) is 4.90 Å². The van der Waals surface area contributed by atoms with E-state index in [1.54, 1.807) is 35.1 Å². The molecule has 1 fully saturated rings. The van der Waals surface area contributed by atoms with E-state index in [2.05, 4.69) is 5.10 Å². The van der Waals surface area contributed by atoms with Gasteiger partial charge in [-0.05, 0) is 18.2 Å². The first kappa shape index (κ1) is 18.3. The van der Waals surface area contributed by atoms with Gasteiger partial charge in [-0.2, -0.15) is 9.40 Å². The van der Waals surface area contributed by atoms with Gasteiger partial charge in [0.25, 0.3) is 0 Å². The van der Waals surface area contributed by atoms with E-state index in [4.69, 9.17) is 0 Å². The van der Waals surface area contributed by atoms with Gasteiger partial charge in [-0.15, -0.1) is 0 Å². The largest absolute Gasteiger partial charge is 0.337 e. The standard InChI is InChI=1S/C17H19FN4O3S/c1-20-13-14(12-19-20)6-7-17(23)21-8-10-22(11-9-21)26(24,25)16-5-3-2-4-15(16)18/h2-7,12-13H,8-11H2,1H3. The van der Waals surface area contributed by atoms with Crippen LogP contribution in [-0.2, 0) is 21.9 Å². The Morgan fingerprint density at radius 2 is 1.88 bits per heavy atom. The molecule has 0 aliphatic carbocycles. The van der Waals surface area contributed by atoms with Gasteiger partial charge < -0.3 is 4.90 Å². The van der Waals surface area contributed by atoms with Gasteiger partial charge in [0.1, 0.15) is 10.7 Å². The van der Waals surface area contributed by atoms with Crippen LogP contribution >= 0.6 is 0 Å². The van der Waals surface area contributed by atoms with Gasteiger partial charge in [0.2, 0.25) is 15.9 Å². The van der Waals surface area contributed by atoms with Gasteiger partial charge in [0.15, 0.2) is 0 Å². The average Bonchev–Trinajstić information content (AvgIpc) is 3.05. The highest BCUT2D eigenvalue weighted by Gasteiger charge is 2.31. The maximum absolute atomic E-state index is 13.8. The zero-order chi connectivity index (χ0) is 18.7. The number of piperazine rings is 1. The molecule has 0 spiro atoms. The van der Waals surface area contributed by atoms with Crippen molar-refractivity contribution in [1.82, 2.24) is 19.0 Å². The molecule has 2 heterocycles. The Balaban J connectivity index is 1.63. The molecule has 3 rings (SSSR count). The smallest absolute Gasteiger partial charge is 0.246 e. The van der Waals surface area contributed by atoms with E-state index in [-0.39, 0.29) is 37.0 Å². The lowest BCUT2D eigenvalue weighted by Gasteiger charge is -2.33. The van der Waals surface area contributed by atoms with Crippen LogP contribution < -0.4 is 0 Å². The monoisotopic (exact) mass is 378 g/mol. The molecule has 0 N–H and O–H groups in total. The van der Waals surface area contributed by atoms with Crippen molar-refractivity contribution in [3.8, 4) is 0 Å². The van der Waals surface area contributed by atoms with Crippen molar-refractivity contribution in [3.63, 3.8) is 0 Å². The summed E-state index contributed by atoms with van der Waals surface area (Å²) in [6.07, 6.45) is 6.53. The highest BCUT2D eigenvalue weighted by molar-refractivity contribution is 7.89. The average molecular weight is 378 g/mol. The number of sulfonamides is 1. The molecule has 1 amide bonds. The first-order valence-corrected chi connectivity index (χ1v) is 9.52. The summed E-state index contributed by atoms with van der Waals surface area (Å²) in [5, 5.41) is 4.02. The lowest BCUT2D eigenvalue weighted by atomic mass is 10.3. The maximum atomic E-state index is 13.8. The van der Waals surface area contributed by atoms with Crippen LogP contribution in [0.1, 0.15) is 5.56 Å². The zero-order valence-electron chi connectivity index (χ0n) is 14.2. The van der Waals surface area contributed by atoms with E-state index in [9.17, 15) is 17.6 Å². The molecule has 138 valence electrons. The summed E-state index contributed by atoms with van der Waals surface area (Å²) < 4.78 is 41.8. The number of hydrogen-bond donors (Lipinski definition) is 0. The van der Waals surface area contributed by atoms with Gasteiger partial charge in [-0.1, -0.05) is 12.1 Å². The molecular weight excluding hydrogens is 359 g/mol. The van der Waals surface area contributed by atoms with Crippen LogP contribution in [0.25, 0.3) is 6.08 Å². The minimum absolute atomic E-state index is 0.128. The fourth-order valence-corrected chi connectivity index (χ4v) is 4.23. The number of carbonyl (C=O) groups is 1. The first-order chi connectivity index (χ1) is 12.4. The van der Waals surface area contributed by atoms with Gasteiger partial charge >= 0.3 is 0 Å². The minimum atomic E-state index is -3.90. The summed E-state index contributed by atoms with van der Waals surface area (Å²) in [7, 11) is -2.12. The van der Waals surface area contributed by atoms with Crippen LogP contribution in [0.5, 0.6) is 0 Å². The molecule has 1 aromatic carbocycles. The number of hydrogen-bond acceptors (Lipinski definition) is 4. The van der Waals surface area contributed by atoms with Crippen LogP contribution in [-0.4, -0.2) is 59.5 Å². The van der Waals surface area contributed by atoms with Crippen molar-refractivity contribution in [2.75, 3.05) is 26.2 Å². The number of amides is 1. The van der Waals surface area contributed by atoms with Crippen LogP contribution in [0.4, 0.5) is 4.39 Å². The molecule has 0 unspecified atom stereocenters. The molecule has 0 bridgehead atoms. The Labute approximate surface area is 151 Å². The highest BCUT2D eigenvalue weighted by atomic mass is 32.2. The fraction of sp³-hybridized carbons (Fsp3) is 0.294. The number of aromatic nitrogens is 2. The quantitative estimate of drug-likeness (QED) is 0.747. The topological polar surface area (TPSA) is 75.5 Å². The molecule has 9 heteroatoms. The third-order valence-corrected chi connectivity index (χ3v) is 6.08. The molecule has 2 aromatic rings. The molecule has 7 nitrogen and oxygen atoms in total. The Hall–Kier alpha value is -2.52. The fourth-order valence-electron chi connectivity index (χ4n) is 2.74. The van der Waals surface area contributed by atoms with E-state index >= 15 is 0 Å². The van der Waals surface area contributed by atoms with Crippen LogP contribution in [0.2, 0.25) is 0 Å². The molecule has 0 atom stereocenters. The van der Waals surface area contributed by atoms with E-state index in [0.29, 0.717) is 0 Å². The molecule has 0 radical (unpaired) electrons. The van der Waals surface area contributed by atoms with Gasteiger partial charge in [0.05, 0.1) is 6.20 Å².